The molecule has 1 amide bonds. The van der Waals surface area contributed by atoms with Crippen molar-refractivity contribution in [3.63, 3.8) is 0 Å². The molecule has 8 heteroatoms. The van der Waals surface area contributed by atoms with E-state index in [4.69, 9.17) is 14.2 Å². The normalized spacial score (nSPS) is 21.7. The van der Waals surface area contributed by atoms with Crippen molar-refractivity contribution >= 4 is 20.3 Å². The molecule has 1 aromatic carbocycles. The molecule has 2 heterocycles. The van der Waals surface area contributed by atoms with Crippen molar-refractivity contribution in [2.24, 2.45) is 0 Å². The summed E-state index contributed by atoms with van der Waals surface area (Å²) < 4.78 is 17.2. The van der Waals surface area contributed by atoms with Crippen LogP contribution in [-0.4, -0.2) is 63.2 Å². The number of unbranched alkanes of at least 4 members (excludes halogenated alkanes) is 3. The Hall–Kier alpha value is -0.855. The minimum atomic E-state index is -0.154. The monoisotopic (exact) mass is 497 g/mol. The number of nitrogens with zero attached hydrogens (tertiary/aromatic N) is 1. The second-order valence-electron chi connectivity index (χ2n) is 9.42. The molecule has 4 atom stereocenters. The van der Waals surface area contributed by atoms with Crippen molar-refractivity contribution < 1.29 is 53.4 Å². The van der Waals surface area contributed by atoms with Gasteiger partial charge < -0.3 is 19.1 Å². The van der Waals surface area contributed by atoms with Gasteiger partial charge in [-0.2, -0.15) is 0 Å². The Labute approximate surface area is 235 Å². The number of fused-ring (bicyclic) bond motifs is 1. The van der Waals surface area contributed by atoms with Crippen LogP contribution >= 0.6 is 0 Å². The van der Waals surface area contributed by atoms with Crippen LogP contribution in [0.25, 0.3) is 0 Å². The van der Waals surface area contributed by atoms with Crippen molar-refractivity contribution in [2.75, 3.05) is 13.7 Å². The van der Waals surface area contributed by atoms with Crippen molar-refractivity contribution in [1.29, 1.82) is 0 Å². The van der Waals surface area contributed by atoms with Gasteiger partial charge in [-0.05, 0) is 37.7 Å². The third kappa shape index (κ3) is 10.6. The van der Waals surface area contributed by atoms with Crippen LogP contribution in [0.5, 0.6) is 0 Å². The van der Waals surface area contributed by atoms with Crippen LogP contribution in [0.1, 0.15) is 83.1 Å². The maximum Gasteiger partial charge on any atom is 1.00 e. The molecule has 35 heavy (non-hydrogen) atoms. The number of methoxy groups -OCH3 is 1. The van der Waals surface area contributed by atoms with Crippen molar-refractivity contribution in [1.82, 2.24) is 4.90 Å². The zero-order valence-electron chi connectivity index (χ0n) is 21.4. The molecule has 192 valence electrons. The molecule has 4 unspecified atom stereocenters. The summed E-state index contributed by atoms with van der Waals surface area (Å²) in [5.74, 6) is 0.0588. The average Bonchev–Trinajstić information content (AvgIpc) is 3.35. The number of rotatable bonds is 15. The van der Waals surface area contributed by atoms with Crippen LogP contribution in [-0.2, 0) is 30.4 Å². The standard InChI is InChI=1S/C27H41NO5.BH4.Na/c1-3-4-6-13-22(32-20-21-11-7-5-8-12-21)16-17-28-24-18-23(33-25(24)19-26(28)29)14-9-10-15-27(30)31-2;;/h5,7-8,11-12,22-25H,3-4,6,9-10,13-20H2,1-2H3;1H4;/q;-1;+1. The number of esters is 1. The van der Waals surface area contributed by atoms with Gasteiger partial charge in [0.15, 0.2) is 0 Å². The largest absolute Gasteiger partial charge is 1.00 e. The van der Waals surface area contributed by atoms with Crippen LogP contribution < -0.4 is 29.6 Å². The summed E-state index contributed by atoms with van der Waals surface area (Å²) in [4.78, 5) is 26.0. The maximum atomic E-state index is 12.7. The second-order valence-corrected chi connectivity index (χ2v) is 9.42. The number of hydrogen-bond donors (Lipinski definition) is 0. The van der Waals surface area contributed by atoms with Gasteiger partial charge in [0.1, 0.15) is 0 Å². The fraction of sp³-hybridized carbons (Fsp3) is 0.704. The molecule has 3 rings (SSSR count). The van der Waals surface area contributed by atoms with Gasteiger partial charge in [0.05, 0.1) is 44.5 Å². The smallest absolute Gasteiger partial charge is 0.469 e. The molecule has 0 N–H and O–H groups in total. The Morgan fingerprint density at radius 1 is 1.14 bits per heavy atom. The molecule has 0 bridgehead atoms. The SMILES string of the molecule is CCCCCC(CCN1C(=O)CC2OC(CCCCC(=O)OC)CC21)OCc1ccccc1.[BH4-].[Na+]. The zero-order chi connectivity index (χ0) is 23.5. The Balaban J connectivity index is 0.00000306. The number of carbonyl (C=O) groups is 2. The van der Waals surface area contributed by atoms with E-state index in [1.807, 2.05) is 18.2 Å². The first-order valence-corrected chi connectivity index (χ1v) is 12.8. The summed E-state index contributed by atoms with van der Waals surface area (Å²) in [7, 11) is 1.43. The number of hydrogen-bond acceptors (Lipinski definition) is 5. The third-order valence-corrected chi connectivity index (χ3v) is 6.93. The molecule has 0 radical (unpaired) electrons. The maximum absolute atomic E-state index is 12.7. The van der Waals surface area contributed by atoms with Gasteiger partial charge in [-0.3, -0.25) is 9.59 Å². The van der Waals surface area contributed by atoms with Crippen LogP contribution in [0.3, 0.4) is 0 Å². The number of likely N-dealkylation sites (tertiary alicyclic amines) is 1. The van der Waals surface area contributed by atoms with E-state index in [0.29, 0.717) is 19.4 Å². The number of amides is 1. The molecule has 0 saturated carbocycles. The molecule has 0 aliphatic carbocycles. The minimum Gasteiger partial charge on any atom is -0.469 e. The number of carbonyl (C=O) groups excluding carboxylic acids is 2. The molecule has 2 aliphatic heterocycles. The summed E-state index contributed by atoms with van der Waals surface area (Å²) in [6.07, 6.45) is 10.4. The zero-order valence-corrected chi connectivity index (χ0v) is 23.4. The first kappa shape index (κ1) is 32.2. The predicted octanol–water partition coefficient (Wildman–Crippen LogP) is 0.586. The van der Waals surface area contributed by atoms with Gasteiger partial charge in [0.2, 0.25) is 5.91 Å². The first-order valence-electron chi connectivity index (χ1n) is 12.8. The molecule has 1 aromatic rings. The number of ether oxygens (including phenoxy) is 3. The quantitative estimate of drug-likeness (QED) is 0.202. The van der Waals surface area contributed by atoms with Crippen molar-refractivity contribution in [3.05, 3.63) is 35.9 Å². The van der Waals surface area contributed by atoms with Gasteiger partial charge in [-0.25, -0.2) is 0 Å². The molecule has 6 nitrogen and oxygen atoms in total. The van der Waals surface area contributed by atoms with Gasteiger partial charge in [-0.1, -0.05) is 71.4 Å². The van der Waals surface area contributed by atoms with Gasteiger partial charge in [0, 0.05) is 13.0 Å². The molecule has 0 spiro atoms. The summed E-state index contributed by atoms with van der Waals surface area (Å²) in [5, 5.41) is 0. The van der Waals surface area contributed by atoms with E-state index in [9.17, 15) is 9.59 Å². The Kier molecular flexibility index (Phi) is 16.2. The molecule has 2 aliphatic rings. The van der Waals surface area contributed by atoms with Crippen LogP contribution in [0.4, 0.5) is 0 Å². The van der Waals surface area contributed by atoms with E-state index >= 15 is 0 Å². The fourth-order valence-electron chi connectivity index (χ4n) is 5.03. The summed E-state index contributed by atoms with van der Waals surface area (Å²) >= 11 is 0. The minimum absolute atomic E-state index is 0. The van der Waals surface area contributed by atoms with E-state index in [1.54, 1.807) is 0 Å². The second kappa shape index (κ2) is 17.6. The van der Waals surface area contributed by atoms with E-state index in [-0.39, 0.29) is 74.2 Å². The van der Waals surface area contributed by atoms with Crippen molar-refractivity contribution in [2.45, 2.75) is 109 Å². The summed E-state index contributed by atoms with van der Waals surface area (Å²) in [6.45, 7) is 3.58. The van der Waals surface area contributed by atoms with Crippen molar-refractivity contribution in [3.8, 4) is 0 Å². The number of benzene rings is 1. The van der Waals surface area contributed by atoms with E-state index in [0.717, 1.165) is 51.5 Å². The fourth-order valence-corrected chi connectivity index (χ4v) is 5.03. The Morgan fingerprint density at radius 3 is 2.63 bits per heavy atom. The molecular formula is C27H45BNNaO5. The molecule has 2 fully saturated rings. The van der Waals surface area contributed by atoms with Gasteiger partial charge in [-0.15, -0.1) is 0 Å². The molecule has 0 aromatic heterocycles. The predicted molar refractivity (Wildman–Crippen MR) is 139 cm³/mol. The first-order chi connectivity index (χ1) is 16.1. The van der Waals surface area contributed by atoms with Crippen LogP contribution in [0.15, 0.2) is 30.3 Å². The topological polar surface area (TPSA) is 65.1 Å². The molecular weight excluding hydrogens is 452 g/mol. The van der Waals surface area contributed by atoms with Gasteiger partial charge in [0.25, 0.3) is 0 Å². The average molecular weight is 497 g/mol. The summed E-state index contributed by atoms with van der Waals surface area (Å²) in [6, 6.07) is 10.5. The van der Waals surface area contributed by atoms with Crippen LogP contribution in [0.2, 0.25) is 0 Å². The Morgan fingerprint density at radius 2 is 1.91 bits per heavy atom. The van der Waals surface area contributed by atoms with E-state index in [2.05, 4.69) is 24.0 Å². The molecule has 2 saturated heterocycles. The van der Waals surface area contributed by atoms with E-state index in [1.165, 1.54) is 25.5 Å². The van der Waals surface area contributed by atoms with E-state index < -0.39 is 0 Å². The van der Waals surface area contributed by atoms with Crippen LogP contribution in [0, 0.1) is 0 Å². The third-order valence-electron chi connectivity index (χ3n) is 6.93. The summed E-state index contributed by atoms with van der Waals surface area (Å²) in [5.41, 5.74) is 1.19. The van der Waals surface area contributed by atoms with Gasteiger partial charge >= 0.3 is 35.5 Å². The Bertz CT molecular complexity index is 738.